The van der Waals surface area contributed by atoms with Crippen LogP contribution in [0, 0.1) is 11.3 Å². The van der Waals surface area contributed by atoms with Crippen LogP contribution in [0.2, 0.25) is 0 Å². The molecule has 1 amide bonds. The van der Waals surface area contributed by atoms with Crippen molar-refractivity contribution >= 4 is 16.9 Å². The third-order valence-electron chi connectivity index (χ3n) is 3.21. The predicted molar refractivity (Wildman–Crippen MR) is 70.2 cm³/mol. The van der Waals surface area contributed by atoms with Crippen LogP contribution in [0.3, 0.4) is 0 Å². The number of rotatable bonds is 4. The molecule has 1 saturated carbocycles. The maximum Gasteiger partial charge on any atom is 0.240 e. The van der Waals surface area contributed by atoms with E-state index in [2.05, 4.69) is 16.4 Å². The first-order valence-electron chi connectivity index (χ1n) is 6.38. The number of nitriles is 1. The highest BCUT2D eigenvalue weighted by atomic mass is 16.2. The highest BCUT2D eigenvalue weighted by Crippen LogP contribution is 2.19. The van der Waals surface area contributed by atoms with E-state index in [1.54, 1.807) is 0 Å². The molecule has 2 aromatic rings. The number of benzene rings is 1. The van der Waals surface area contributed by atoms with Crippen LogP contribution in [-0.4, -0.2) is 21.5 Å². The van der Waals surface area contributed by atoms with Gasteiger partial charge in [-0.1, -0.05) is 12.1 Å². The molecule has 1 aliphatic rings. The fourth-order valence-corrected chi connectivity index (χ4v) is 2.15. The molecule has 1 aromatic heterocycles. The zero-order chi connectivity index (χ0) is 13.2. The molecule has 0 atom stereocenters. The van der Waals surface area contributed by atoms with Crippen molar-refractivity contribution in [2.75, 3.05) is 0 Å². The van der Waals surface area contributed by atoms with Gasteiger partial charge in [-0.05, 0) is 25.0 Å². The van der Waals surface area contributed by atoms with Gasteiger partial charge in [-0.25, -0.2) is 4.98 Å². The molecule has 1 heterocycles. The van der Waals surface area contributed by atoms with Gasteiger partial charge in [0.15, 0.2) is 0 Å². The topological polar surface area (TPSA) is 70.7 Å². The first-order chi connectivity index (χ1) is 9.28. The Bertz CT molecular complexity index is 664. The second kappa shape index (κ2) is 4.73. The first kappa shape index (κ1) is 11.7. The minimum Gasteiger partial charge on any atom is -0.352 e. The third kappa shape index (κ3) is 2.43. The minimum absolute atomic E-state index is 0.00940. The molecule has 0 saturated heterocycles. The van der Waals surface area contributed by atoms with Gasteiger partial charge in [0.05, 0.1) is 23.5 Å². The predicted octanol–water partition coefficient (Wildman–Crippen LogP) is 1.38. The Balaban J connectivity index is 1.92. The van der Waals surface area contributed by atoms with Crippen LogP contribution in [0.5, 0.6) is 0 Å². The lowest BCUT2D eigenvalue weighted by Crippen LogP contribution is -2.29. The second-order valence-electron chi connectivity index (χ2n) is 4.78. The Kier molecular flexibility index (Phi) is 2.92. The molecule has 3 rings (SSSR count). The summed E-state index contributed by atoms with van der Waals surface area (Å²) in [5.41, 5.74) is 1.73. The summed E-state index contributed by atoms with van der Waals surface area (Å²) in [6.07, 6.45) is 2.36. The molecule has 96 valence electrons. The van der Waals surface area contributed by atoms with Crippen molar-refractivity contribution in [2.24, 2.45) is 0 Å². The van der Waals surface area contributed by atoms with Gasteiger partial charge in [-0.2, -0.15) is 5.26 Å². The highest BCUT2D eigenvalue weighted by Gasteiger charge is 2.24. The lowest BCUT2D eigenvalue weighted by atomic mass is 10.3. The number of imidazole rings is 1. The van der Waals surface area contributed by atoms with Crippen LogP contribution in [0.15, 0.2) is 24.3 Å². The van der Waals surface area contributed by atoms with Crippen molar-refractivity contribution in [3.63, 3.8) is 0 Å². The number of hydrogen-bond acceptors (Lipinski definition) is 3. The van der Waals surface area contributed by atoms with Crippen LogP contribution in [-0.2, 0) is 17.8 Å². The smallest absolute Gasteiger partial charge is 0.240 e. The van der Waals surface area contributed by atoms with Crippen molar-refractivity contribution < 1.29 is 4.79 Å². The summed E-state index contributed by atoms with van der Waals surface area (Å²) in [7, 11) is 0. The van der Waals surface area contributed by atoms with E-state index in [0.29, 0.717) is 11.9 Å². The molecule has 5 nitrogen and oxygen atoms in total. The van der Waals surface area contributed by atoms with E-state index < -0.39 is 0 Å². The Hall–Kier alpha value is -2.35. The van der Waals surface area contributed by atoms with E-state index in [9.17, 15) is 4.79 Å². The number of carbonyl (C=O) groups excluding carboxylic acids is 1. The van der Waals surface area contributed by atoms with Gasteiger partial charge in [0, 0.05) is 6.04 Å². The van der Waals surface area contributed by atoms with Crippen LogP contribution in [0.4, 0.5) is 0 Å². The molecule has 5 heteroatoms. The summed E-state index contributed by atoms with van der Waals surface area (Å²) in [4.78, 5) is 16.3. The van der Waals surface area contributed by atoms with E-state index >= 15 is 0 Å². The van der Waals surface area contributed by atoms with Crippen molar-refractivity contribution in [3.05, 3.63) is 30.1 Å². The van der Waals surface area contributed by atoms with Crippen molar-refractivity contribution in [1.82, 2.24) is 14.9 Å². The summed E-state index contributed by atoms with van der Waals surface area (Å²) in [5, 5.41) is 11.8. The molecule has 1 aliphatic carbocycles. The average Bonchev–Trinajstić information content (AvgIpc) is 3.14. The molecule has 1 fully saturated rings. The molecule has 1 N–H and O–H groups in total. The maximum atomic E-state index is 11.9. The fourth-order valence-electron chi connectivity index (χ4n) is 2.15. The molecule has 0 spiro atoms. The van der Waals surface area contributed by atoms with Gasteiger partial charge in [-0.3, -0.25) is 4.79 Å². The van der Waals surface area contributed by atoms with Gasteiger partial charge >= 0.3 is 0 Å². The standard InChI is InChI=1S/C14H14N4O/c15-8-7-13-17-11-3-1-2-4-12(11)18(13)9-14(19)16-10-5-6-10/h1-4,10H,5-7,9H2,(H,16,19). The van der Waals surface area contributed by atoms with E-state index in [4.69, 9.17) is 5.26 Å². The summed E-state index contributed by atoms with van der Waals surface area (Å²) in [5.74, 6) is 0.638. The largest absolute Gasteiger partial charge is 0.352 e. The number of carbonyl (C=O) groups is 1. The number of nitrogens with zero attached hydrogens (tertiary/aromatic N) is 3. The summed E-state index contributed by atoms with van der Waals surface area (Å²) in [6, 6.07) is 10.1. The van der Waals surface area contributed by atoms with Gasteiger partial charge in [0.25, 0.3) is 0 Å². The number of amides is 1. The monoisotopic (exact) mass is 254 g/mol. The summed E-state index contributed by atoms with van der Waals surface area (Å²) >= 11 is 0. The molecule has 0 aliphatic heterocycles. The molecule has 0 radical (unpaired) electrons. The first-order valence-corrected chi connectivity index (χ1v) is 6.38. The van der Waals surface area contributed by atoms with Crippen LogP contribution in [0.1, 0.15) is 18.7 Å². The highest BCUT2D eigenvalue weighted by molar-refractivity contribution is 5.81. The second-order valence-corrected chi connectivity index (χ2v) is 4.78. The zero-order valence-corrected chi connectivity index (χ0v) is 10.5. The van der Waals surface area contributed by atoms with Crippen LogP contribution < -0.4 is 5.32 Å². The lowest BCUT2D eigenvalue weighted by Gasteiger charge is -2.07. The Morgan fingerprint density at radius 2 is 2.26 bits per heavy atom. The molecule has 0 bridgehead atoms. The third-order valence-corrected chi connectivity index (χ3v) is 3.21. The molecule has 1 aromatic carbocycles. The zero-order valence-electron chi connectivity index (χ0n) is 10.5. The average molecular weight is 254 g/mol. The maximum absolute atomic E-state index is 11.9. The number of fused-ring (bicyclic) bond motifs is 1. The number of aromatic nitrogens is 2. The van der Waals surface area contributed by atoms with E-state index in [0.717, 1.165) is 23.9 Å². The van der Waals surface area contributed by atoms with Gasteiger partial charge in [0.2, 0.25) is 5.91 Å². The van der Waals surface area contributed by atoms with Crippen molar-refractivity contribution in [1.29, 1.82) is 5.26 Å². The minimum atomic E-state index is -0.00940. The molecule has 0 unspecified atom stereocenters. The quantitative estimate of drug-likeness (QED) is 0.896. The normalized spacial score (nSPS) is 14.3. The van der Waals surface area contributed by atoms with Crippen molar-refractivity contribution in [3.8, 4) is 6.07 Å². The van der Waals surface area contributed by atoms with Gasteiger partial charge in [-0.15, -0.1) is 0 Å². The lowest BCUT2D eigenvalue weighted by molar-refractivity contribution is -0.121. The fraction of sp³-hybridized carbons (Fsp3) is 0.357. The van der Waals surface area contributed by atoms with E-state index in [1.165, 1.54) is 0 Å². The number of hydrogen-bond donors (Lipinski definition) is 1. The van der Waals surface area contributed by atoms with E-state index in [1.807, 2.05) is 28.8 Å². The molecule has 19 heavy (non-hydrogen) atoms. The van der Waals surface area contributed by atoms with Crippen LogP contribution in [0.25, 0.3) is 11.0 Å². The van der Waals surface area contributed by atoms with Gasteiger partial charge in [0.1, 0.15) is 12.4 Å². The Labute approximate surface area is 110 Å². The van der Waals surface area contributed by atoms with Gasteiger partial charge < -0.3 is 9.88 Å². The molecular formula is C14H14N4O. The van der Waals surface area contributed by atoms with Crippen LogP contribution >= 0.6 is 0 Å². The number of nitrogens with one attached hydrogen (secondary N) is 1. The SMILES string of the molecule is N#CCc1nc2ccccc2n1CC(=O)NC1CC1. The molecular weight excluding hydrogens is 240 g/mol. The Morgan fingerprint density at radius 1 is 1.47 bits per heavy atom. The number of para-hydroxylation sites is 2. The Morgan fingerprint density at radius 3 is 3.00 bits per heavy atom. The summed E-state index contributed by atoms with van der Waals surface area (Å²) in [6.45, 7) is 0.230. The van der Waals surface area contributed by atoms with E-state index in [-0.39, 0.29) is 18.9 Å². The van der Waals surface area contributed by atoms with Crippen molar-refractivity contribution in [2.45, 2.75) is 31.8 Å². The summed E-state index contributed by atoms with van der Waals surface area (Å²) < 4.78 is 1.83.